The molecule has 0 aliphatic carbocycles. The Balaban J connectivity index is 2.23. The fourth-order valence-corrected chi connectivity index (χ4v) is 3.17. The monoisotopic (exact) mass is 277 g/mol. The summed E-state index contributed by atoms with van der Waals surface area (Å²) in [6, 6.07) is 9.55. The topological polar surface area (TPSA) is 12.0 Å². The van der Waals surface area contributed by atoms with E-state index >= 15 is 0 Å². The Morgan fingerprint density at radius 3 is 2.79 bits per heavy atom. The minimum absolute atomic E-state index is 0.173. The molecule has 2 aromatic rings. The summed E-state index contributed by atoms with van der Waals surface area (Å²) in [6.07, 6.45) is 1.13. The second kappa shape index (κ2) is 6.31. The molecule has 19 heavy (non-hydrogen) atoms. The van der Waals surface area contributed by atoms with Crippen LogP contribution < -0.4 is 5.32 Å². The predicted molar refractivity (Wildman–Crippen MR) is 81.2 cm³/mol. The molecular weight excluding hydrogens is 257 g/mol. The molecule has 0 aliphatic rings. The normalized spacial score (nSPS) is 12.6. The van der Waals surface area contributed by atoms with E-state index in [0.29, 0.717) is 6.04 Å². The molecule has 1 atom stereocenters. The van der Waals surface area contributed by atoms with Gasteiger partial charge in [-0.25, -0.2) is 4.39 Å². The Kier molecular flexibility index (Phi) is 4.72. The van der Waals surface area contributed by atoms with E-state index in [2.05, 4.69) is 31.3 Å². The molecule has 1 aromatic carbocycles. The van der Waals surface area contributed by atoms with Crippen LogP contribution in [0.4, 0.5) is 4.39 Å². The van der Waals surface area contributed by atoms with Crippen molar-refractivity contribution in [2.24, 2.45) is 0 Å². The first kappa shape index (κ1) is 14.2. The van der Waals surface area contributed by atoms with E-state index in [1.807, 2.05) is 13.0 Å². The van der Waals surface area contributed by atoms with E-state index in [0.717, 1.165) is 29.0 Å². The summed E-state index contributed by atoms with van der Waals surface area (Å²) in [6.45, 7) is 7.37. The van der Waals surface area contributed by atoms with Crippen LogP contribution in [0, 0.1) is 12.7 Å². The lowest BCUT2D eigenvalue weighted by atomic mass is 10.1. The molecule has 1 N–H and O–H groups in total. The number of halogens is 1. The lowest BCUT2D eigenvalue weighted by Crippen LogP contribution is -2.18. The van der Waals surface area contributed by atoms with Gasteiger partial charge in [0.15, 0.2) is 0 Å². The third kappa shape index (κ3) is 3.43. The molecule has 1 aromatic heterocycles. The van der Waals surface area contributed by atoms with Crippen LogP contribution in [-0.2, 0) is 0 Å². The zero-order chi connectivity index (χ0) is 13.8. The van der Waals surface area contributed by atoms with Gasteiger partial charge >= 0.3 is 0 Å². The van der Waals surface area contributed by atoms with Crippen molar-refractivity contribution in [3.05, 3.63) is 46.6 Å². The summed E-state index contributed by atoms with van der Waals surface area (Å²) >= 11 is 1.74. The minimum atomic E-state index is -0.173. The van der Waals surface area contributed by atoms with E-state index in [-0.39, 0.29) is 5.82 Å². The summed E-state index contributed by atoms with van der Waals surface area (Å²) in [7, 11) is 0. The van der Waals surface area contributed by atoms with Crippen LogP contribution in [0.5, 0.6) is 0 Å². The van der Waals surface area contributed by atoms with Gasteiger partial charge in [0.25, 0.3) is 0 Å². The molecule has 1 heterocycles. The number of hydrogen-bond donors (Lipinski definition) is 1. The van der Waals surface area contributed by atoms with E-state index in [1.165, 1.54) is 10.9 Å². The zero-order valence-electron chi connectivity index (χ0n) is 11.7. The van der Waals surface area contributed by atoms with Gasteiger partial charge in [0.2, 0.25) is 0 Å². The maximum Gasteiger partial charge on any atom is 0.123 e. The zero-order valence-corrected chi connectivity index (χ0v) is 12.5. The molecule has 3 heteroatoms. The summed E-state index contributed by atoms with van der Waals surface area (Å²) in [4.78, 5) is 2.43. The standard InChI is InChI=1S/C16H20FNS/c1-4-9-18-12(3)15-7-8-16(19-15)14-10-13(17)6-5-11(14)2/h5-8,10,12,18H,4,9H2,1-3H3. The minimum Gasteiger partial charge on any atom is -0.309 e. The Labute approximate surface area is 118 Å². The van der Waals surface area contributed by atoms with Crippen molar-refractivity contribution in [3.8, 4) is 10.4 Å². The highest BCUT2D eigenvalue weighted by molar-refractivity contribution is 7.15. The van der Waals surface area contributed by atoms with Crippen molar-refractivity contribution in [3.63, 3.8) is 0 Å². The molecule has 1 unspecified atom stereocenters. The fourth-order valence-electron chi connectivity index (χ4n) is 2.05. The van der Waals surface area contributed by atoms with Gasteiger partial charge in [-0.1, -0.05) is 13.0 Å². The molecule has 102 valence electrons. The van der Waals surface area contributed by atoms with E-state index in [9.17, 15) is 4.39 Å². The highest BCUT2D eigenvalue weighted by Gasteiger charge is 2.10. The molecule has 0 spiro atoms. The molecule has 0 radical (unpaired) electrons. The van der Waals surface area contributed by atoms with Crippen LogP contribution in [0.15, 0.2) is 30.3 Å². The molecule has 0 saturated carbocycles. The third-order valence-electron chi connectivity index (χ3n) is 3.22. The van der Waals surface area contributed by atoms with Crippen LogP contribution in [0.3, 0.4) is 0 Å². The van der Waals surface area contributed by atoms with Crippen molar-refractivity contribution >= 4 is 11.3 Å². The number of hydrogen-bond acceptors (Lipinski definition) is 2. The van der Waals surface area contributed by atoms with Gasteiger partial charge in [0.05, 0.1) is 0 Å². The molecule has 1 nitrogen and oxygen atoms in total. The van der Waals surface area contributed by atoms with E-state index in [1.54, 1.807) is 17.4 Å². The molecule has 0 saturated heterocycles. The highest BCUT2D eigenvalue weighted by atomic mass is 32.1. The largest absolute Gasteiger partial charge is 0.309 e. The highest BCUT2D eigenvalue weighted by Crippen LogP contribution is 2.33. The van der Waals surface area contributed by atoms with Gasteiger partial charge in [-0.15, -0.1) is 11.3 Å². The van der Waals surface area contributed by atoms with Crippen molar-refractivity contribution < 1.29 is 4.39 Å². The average Bonchev–Trinajstić information content (AvgIpc) is 2.88. The summed E-state index contributed by atoms with van der Waals surface area (Å²) in [5, 5.41) is 3.48. The number of nitrogens with one attached hydrogen (secondary N) is 1. The first-order chi connectivity index (χ1) is 9.11. The molecule has 0 amide bonds. The fraction of sp³-hybridized carbons (Fsp3) is 0.375. The van der Waals surface area contributed by atoms with Crippen molar-refractivity contribution in [2.45, 2.75) is 33.2 Å². The number of benzene rings is 1. The van der Waals surface area contributed by atoms with Crippen molar-refractivity contribution in [1.29, 1.82) is 0 Å². The third-order valence-corrected chi connectivity index (χ3v) is 4.52. The Hall–Kier alpha value is -1.19. The maximum absolute atomic E-state index is 13.4. The number of aryl methyl sites for hydroxylation is 1. The van der Waals surface area contributed by atoms with Crippen LogP contribution in [0.1, 0.15) is 36.8 Å². The van der Waals surface area contributed by atoms with Crippen LogP contribution in [0.25, 0.3) is 10.4 Å². The summed E-state index contributed by atoms with van der Waals surface area (Å²) in [5.41, 5.74) is 2.11. The second-order valence-corrected chi connectivity index (χ2v) is 5.95. The summed E-state index contributed by atoms with van der Waals surface area (Å²) in [5.74, 6) is -0.173. The molecular formula is C16H20FNS. The van der Waals surface area contributed by atoms with Crippen LogP contribution >= 0.6 is 11.3 Å². The van der Waals surface area contributed by atoms with Gasteiger partial charge in [-0.2, -0.15) is 0 Å². The number of thiophene rings is 1. The van der Waals surface area contributed by atoms with E-state index in [4.69, 9.17) is 0 Å². The van der Waals surface area contributed by atoms with Crippen LogP contribution in [0.2, 0.25) is 0 Å². The quantitative estimate of drug-likeness (QED) is 0.817. The SMILES string of the molecule is CCCNC(C)c1ccc(-c2cc(F)ccc2C)s1. The lowest BCUT2D eigenvalue weighted by Gasteiger charge is -2.10. The first-order valence-electron chi connectivity index (χ1n) is 6.71. The van der Waals surface area contributed by atoms with Crippen molar-refractivity contribution in [1.82, 2.24) is 5.32 Å². The number of rotatable bonds is 5. The average molecular weight is 277 g/mol. The molecule has 0 aliphatic heterocycles. The Bertz CT molecular complexity index is 547. The second-order valence-electron chi connectivity index (χ2n) is 4.84. The van der Waals surface area contributed by atoms with Gasteiger partial charge in [-0.05, 0) is 62.2 Å². The Morgan fingerprint density at radius 2 is 2.05 bits per heavy atom. The maximum atomic E-state index is 13.4. The van der Waals surface area contributed by atoms with Crippen LogP contribution in [-0.4, -0.2) is 6.54 Å². The molecule has 0 fully saturated rings. The first-order valence-corrected chi connectivity index (χ1v) is 7.53. The van der Waals surface area contributed by atoms with Gasteiger partial charge < -0.3 is 5.32 Å². The lowest BCUT2D eigenvalue weighted by molar-refractivity contribution is 0.578. The Morgan fingerprint density at radius 1 is 1.26 bits per heavy atom. The molecule has 0 bridgehead atoms. The van der Waals surface area contributed by atoms with Gasteiger partial charge in [-0.3, -0.25) is 0 Å². The van der Waals surface area contributed by atoms with Crippen molar-refractivity contribution in [2.75, 3.05) is 6.54 Å². The molecule has 2 rings (SSSR count). The van der Waals surface area contributed by atoms with Gasteiger partial charge in [0.1, 0.15) is 5.82 Å². The smallest absolute Gasteiger partial charge is 0.123 e. The predicted octanol–water partition coefficient (Wildman–Crippen LogP) is 4.92. The summed E-state index contributed by atoms with van der Waals surface area (Å²) < 4.78 is 13.4. The van der Waals surface area contributed by atoms with E-state index < -0.39 is 0 Å². The van der Waals surface area contributed by atoms with Gasteiger partial charge in [0, 0.05) is 15.8 Å².